The number of ether oxygens (including phenoxy) is 1. The standard InChI is InChI=1S/C18H15N3O5/c1-11-8-9-14(10-15(11)21(23)24)18(22)25-12(2)16-19-20-17(26-16)13-6-4-3-5-7-13/h3-10,12H,1-2H3. The van der Waals surface area contributed by atoms with Gasteiger partial charge in [0, 0.05) is 17.2 Å². The molecule has 1 aromatic heterocycles. The topological polar surface area (TPSA) is 108 Å². The van der Waals surface area contributed by atoms with Gasteiger partial charge in [-0.15, -0.1) is 10.2 Å². The van der Waals surface area contributed by atoms with Crippen LogP contribution in [0, 0.1) is 17.0 Å². The zero-order valence-corrected chi connectivity index (χ0v) is 14.1. The number of aryl methyl sites for hydroxylation is 1. The quantitative estimate of drug-likeness (QED) is 0.389. The molecule has 8 heteroatoms. The van der Waals surface area contributed by atoms with Crippen molar-refractivity contribution in [2.45, 2.75) is 20.0 Å². The fourth-order valence-corrected chi connectivity index (χ4v) is 2.31. The van der Waals surface area contributed by atoms with E-state index in [2.05, 4.69) is 10.2 Å². The monoisotopic (exact) mass is 353 g/mol. The number of aromatic nitrogens is 2. The highest BCUT2D eigenvalue weighted by Gasteiger charge is 2.22. The highest BCUT2D eigenvalue weighted by molar-refractivity contribution is 5.90. The Hall–Kier alpha value is -3.55. The lowest BCUT2D eigenvalue weighted by Crippen LogP contribution is -2.10. The number of rotatable bonds is 5. The number of nitro benzene ring substituents is 1. The molecule has 3 aromatic rings. The molecule has 0 bridgehead atoms. The summed E-state index contributed by atoms with van der Waals surface area (Å²) >= 11 is 0. The van der Waals surface area contributed by atoms with E-state index < -0.39 is 17.0 Å². The van der Waals surface area contributed by atoms with Crippen molar-refractivity contribution in [3.63, 3.8) is 0 Å². The number of benzene rings is 2. The van der Waals surface area contributed by atoms with E-state index in [9.17, 15) is 14.9 Å². The Kier molecular flexibility index (Phi) is 4.74. The fourth-order valence-electron chi connectivity index (χ4n) is 2.31. The van der Waals surface area contributed by atoms with Crippen LogP contribution in [-0.2, 0) is 4.74 Å². The fraction of sp³-hybridized carbons (Fsp3) is 0.167. The summed E-state index contributed by atoms with van der Waals surface area (Å²) in [5, 5.41) is 18.8. The molecule has 0 radical (unpaired) electrons. The van der Waals surface area contributed by atoms with Crippen molar-refractivity contribution < 1.29 is 18.9 Å². The van der Waals surface area contributed by atoms with Gasteiger partial charge in [0.15, 0.2) is 6.10 Å². The van der Waals surface area contributed by atoms with Gasteiger partial charge in [-0.2, -0.15) is 0 Å². The van der Waals surface area contributed by atoms with Gasteiger partial charge in [-0.25, -0.2) is 4.79 Å². The first kappa shape index (κ1) is 17.3. The molecular weight excluding hydrogens is 338 g/mol. The third kappa shape index (κ3) is 3.59. The molecule has 0 aliphatic carbocycles. The zero-order chi connectivity index (χ0) is 18.7. The molecule has 0 spiro atoms. The Morgan fingerprint density at radius 1 is 1.19 bits per heavy atom. The van der Waals surface area contributed by atoms with Gasteiger partial charge < -0.3 is 9.15 Å². The van der Waals surface area contributed by atoms with Gasteiger partial charge in [-0.1, -0.05) is 24.3 Å². The van der Waals surface area contributed by atoms with Gasteiger partial charge in [0.05, 0.1) is 10.5 Å². The van der Waals surface area contributed by atoms with E-state index in [4.69, 9.17) is 9.15 Å². The van der Waals surface area contributed by atoms with E-state index in [0.29, 0.717) is 11.5 Å². The number of hydrogen-bond acceptors (Lipinski definition) is 7. The van der Waals surface area contributed by atoms with Gasteiger partial charge >= 0.3 is 5.97 Å². The average Bonchev–Trinajstić information content (AvgIpc) is 3.13. The van der Waals surface area contributed by atoms with Crippen LogP contribution in [0.5, 0.6) is 0 Å². The molecule has 0 amide bonds. The Balaban J connectivity index is 1.75. The molecule has 26 heavy (non-hydrogen) atoms. The number of nitro groups is 1. The van der Waals surface area contributed by atoms with Crippen LogP contribution in [0.1, 0.15) is 34.8 Å². The predicted molar refractivity (Wildman–Crippen MR) is 91.4 cm³/mol. The SMILES string of the molecule is Cc1ccc(C(=O)OC(C)c2nnc(-c3ccccc3)o2)cc1[N+](=O)[O-]. The van der Waals surface area contributed by atoms with Crippen LogP contribution in [0.2, 0.25) is 0 Å². The largest absolute Gasteiger partial charge is 0.449 e. The summed E-state index contributed by atoms with van der Waals surface area (Å²) < 4.78 is 10.8. The summed E-state index contributed by atoms with van der Waals surface area (Å²) in [6.07, 6.45) is -0.798. The van der Waals surface area contributed by atoms with Crippen LogP contribution in [0.25, 0.3) is 11.5 Å². The maximum atomic E-state index is 12.3. The van der Waals surface area contributed by atoms with E-state index in [1.807, 2.05) is 30.3 Å². The third-order valence-electron chi connectivity index (χ3n) is 3.73. The first-order chi connectivity index (χ1) is 12.5. The maximum Gasteiger partial charge on any atom is 0.339 e. The number of esters is 1. The molecule has 0 aliphatic rings. The molecule has 1 atom stereocenters. The zero-order valence-electron chi connectivity index (χ0n) is 14.1. The molecule has 0 saturated heterocycles. The van der Waals surface area contributed by atoms with E-state index in [-0.39, 0.29) is 17.1 Å². The van der Waals surface area contributed by atoms with Crippen molar-refractivity contribution >= 4 is 11.7 Å². The average molecular weight is 353 g/mol. The minimum atomic E-state index is -0.798. The first-order valence-corrected chi connectivity index (χ1v) is 7.80. The highest BCUT2D eigenvalue weighted by Crippen LogP contribution is 2.24. The van der Waals surface area contributed by atoms with Gasteiger partial charge in [-0.3, -0.25) is 10.1 Å². The Morgan fingerprint density at radius 3 is 2.62 bits per heavy atom. The molecule has 2 aromatic carbocycles. The summed E-state index contributed by atoms with van der Waals surface area (Å²) in [4.78, 5) is 22.7. The lowest BCUT2D eigenvalue weighted by atomic mass is 10.1. The second-order valence-electron chi connectivity index (χ2n) is 5.62. The first-order valence-electron chi connectivity index (χ1n) is 7.80. The van der Waals surface area contributed by atoms with Gasteiger partial charge in [0.25, 0.3) is 11.6 Å². The lowest BCUT2D eigenvalue weighted by molar-refractivity contribution is -0.385. The minimum absolute atomic E-state index is 0.0805. The lowest BCUT2D eigenvalue weighted by Gasteiger charge is -2.09. The summed E-state index contributed by atoms with van der Waals surface area (Å²) in [5.74, 6) is -0.256. The van der Waals surface area contributed by atoms with E-state index in [1.54, 1.807) is 13.8 Å². The summed E-state index contributed by atoms with van der Waals surface area (Å²) in [6.45, 7) is 3.18. The maximum absolute atomic E-state index is 12.3. The van der Waals surface area contributed by atoms with Crippen LogP contribution < -0.4 is 0 Å². The van der Waals surface area contributed by atoms with Crippen molar-refractivity contribution in [1.29, 1.82) is 0 Å². The number of carbonyl (C=O) groups excluding carboxylic acids is 1. The molecule has 3 rings (SSSR count). The van der Waals surface area contributed by atoms with Crippen molar-refractivity contribution in [3.8, 4) is 11.5 Å². The molecule has 132 valence electrons. The van der Waals surface area contributed by atoms with Crippen molar-refractivity contribution in [1.82, 2.24) is 10.2 Å². The predicted octanol–water partition coefficient (Wildman–Crippen LogP) is 3.87. The van der Waals surface area contributed by atoms with Crippen molar-refractivity contribution in [2.75, 3.05) is 0 Å². The smallest absolute Gasteiger partial charge is 0.339 e. The molecule has 1 heterocycles. The molecule has 0 saturated carbocycles. The third-order valence-corrected chi connectivity index (χ3v) is 3.73. The van der Waals surface area contributed by atoms with E-state index in [1.165, 1.54) is 18.2 Å². The summed E-state index contributed by atoms with van der Waals surface area (Å²) in [7, 11) is 0. The van der Waals surface area contributed by atoms with Crippen LogP contribution in [0.15, 0.2) is 52.9 Å². The number of hydrogen-bond donors (Lipinski definition) is 0. The number of carbonyl (C=O) groups is 1. The Bertz CT molecular complexity index is 952. The molecular formula is C18H15N3O5. The van der Waals surface area contributed by atoms with Gasteiger partial charge in [0.2, 0.25) is 5.89 Å². The molecule has 0 aliphatic heterocycles. The molecule has 0 fully saturated rings. The van der Waals surface area contributed by atoms with E-state index in [0.717, 1.165) is 5.56 Å². The highest BCUT2D eigenvalue weighted by atomic mass is 16.6. The Morgan fingerprint density at radius 2 is 1.92 bits per heavy atom. The van der Waals surface area contributed by atoms with Gasteiger partial charge in [-0.05, 0) is 32.0 Å². The summed E-state index contributed by atoms with van der Waals surface area (Å²) in [5.41, 5.74) is 1.15. The second-order valence-corrected chi connectivity index (χ2v) is 5.62. The summed E-state index contributed by atoms with van der Waals surface area (Å²) in [6, 6.07) is 13.3. The molecule has 0 N–H and O–H groups in total. The number of nitrogens with zero attached hydrogens (tertiary/aromatic N) is 3. The molecule has 8 nitrogen and oxygen atoms in total. The van der Waals surface area contributed by atoms with Crippen LogP contribution in [-0.4, -0.2) is 21.1 Å². The Labute approximate surface area is 148 Å². The minimum Gasteiger partial charge on any atom is -0.449 e. The normalized spacial score (nSPS) is 11.8. The van der Waals surface area contributed by atoms with Crippen LogP contribution >= 0.6 is 0 Å². The van der Waals surface area contributed by atoms with Crippen molar-refractivity contribution in [2.24, 2.45) is 0 Å². The van der Waals surface area contributed by atoms with Crippen molar-refractivity contribution in [3.05, 3.63) is 75.7 Å². The molecule has 1 unspecified atom stereocenters. The van der Waals surface area contributed by atoms with Crippen LogP contribution in [0.4, 0.5) is 5.69 Å². The van der Waals surface area contributed by atoms with E-state index >= 15 is 0 Å². The second kappa shape index (κ2) is 7.14. The van der Waals surface area contributed by atoms with Crippen LogP contribution in [0.3, 0.4) is 0 Å². The van der Waals surface area contributed by atoms with Gasteiger partial charge in [0.1, 0.15) is 0 Å².